The number of fused-ring (bicyclic) bond motifs is 1. The molecule has 2 aromatic rings. The van der Waals surface area contributed by atoms with Crippen LogP contribution in [0.2, 0.25) is 0 Å². The molecule has 7 nitrogen and oxygen atoms in total. The van der Waals surface area contributed by atoms with Gasteiger partial charge in [-0.25, -0.2) is 0 Å². The summed E-state index contributed by atoms with van der Waals surface area (Å²) in [5.41, 5.74) is 1.64. The van der Waals surface area contributed by atoms with Gasteiger partial charge in [0.1, 0.15) is 18.2 Å². The Labute approximate surface area is 163 Å². The first-order valence-electron chi connectivity index (χ1n) is 8.54. The Morgan fingerprint density at radius 2 is 1.96 bits per heavy atom. The highest BCUT2D eigenvalue weighted by Crippen LogP contribution is 2.34. The molecule has 3 rings (SSSR count). The van der Waals surface area contributed by atoms with Crippen molar-refractivity contribution in [3.8, 4) is 29.1 Å². The minimum absolute atomic E-state index is 0.0427. The zero-order chi connectivity index (χ0) is 20.1. The average Bonchev–Trinajstić information content (AvgIpc) is 3.18. The minimum atomic E-state index is -0.357. The molecule has 0 saturated carbocycles. The lowest BCUT2D eigenvalue weighted by Gasteiger charge is -2.12. The zero-order valence-electron chi connectivity index (χ0n) is 15.9. The Balaban J connectivity index is 1.76. The first-order chi connectivity index (χ1) is 13.5. The fraction of sp³-hybridized carbons (Fsp3) is 0.238. The fourth-order valence-electron chi connectivity index (χ4n) is 2.63. The lowest BCUT2D eigenvalue weighted by atomic mass is 10.1. The van der Waals surface area contributed by atoms with Crippen LogP contribution in [-0.2, 0) is 11.4 Å². The van der Waals surface area contributed by atoms with Gasteiger partial charge in [0.15, 0.2) is 23.0 Å². The highest BCUT2D eigenvalue weighted by atomic mass is 16.7. The first-order valence-corrected chi connectivity index (χ1v) is 8.54. The predicted molar refractivity (Wildman–Crippen MR) is 102 cm³/mol. The van der Waals surface area contributed by atoms with Crippen molar-refractivity contribution in [1.82, 2.24) is 4.90 Å². The normalized spacial score (nSPS) is 12.3. The SMILES string of the molecule is COc1cc(/C=C(/C#N)C(=O)N(C)C)ccc1OCc1ccc2c(c1)OCO2. The van der Waals surface area contributed by atoms with Crippen molar-refractivity contribution in [2.75, 3.05) is 28.0 Å². The van der Waals surface area contributed by atoms with Crippen molar-refractivity contribution in [3.05, 3.63) is 53.1 Å². The third kappa shape index (κ3) is 4.18. The van der Waals surface area contributed by atoms with E-state index in [2.05, 4.69) is 0 Å². The molecule has 0 spiro atoms. The quantitative estimate of drug-likeness (QED) is 0.566. The Bertz CT molecular complexity index is 960. The van der Waals surface area contributed by atoms with Gasteiger partial charge in [0.2, 0.25) is 6.79 Å². The second kappa shape index (κ2) is 8.35. The number of likely N-dealkylation sites (N-methyl/N-ethyl adjacent to an activating group) is 1. The Hall–Kier alpha value is -3.66. The van der Waals surface area contributed by atoms with Gasteiger partial charge in [0.25, 0.3) is 5.91 Å². The molecule has 1 aliphatic heterocycles. The molecule has 1 heterocycles. The minimum Gasteiger partial charge on any atom is -0.493 e. The molecule has 0 aromatic heterocycles. The van der Waals surface area contributed by atoms with Crippen molar-refractivity contribution in [2.45, 2.75) is 6.61 Å². The van der Waals surface area contributed by atoms with Gasteiger partial charge >= 0.3 is 0 Å². The number of nitriles is 1. The molecule has 1 aliphatic rings. The summed E-state index contributed by atoms with van der Waals surface area (Å²) in [6, 6.07) is 12.8. The molecule has 1 amide bonds. The van der Waals surface area contributed by atoms with Gasteiger partial charge in [-0.3, -0.25) is 4.79 Å². The summed E-state index contributed by atoms with van der Waals surface area (Å²) in [5, 5.41) is 9.22. The molecule has 0 unspecified atom stereocenters. The molecule has 0 atom stereocenters. The summed E-state index contributed by atoms with van der Waals surface area (Å²) in [5.74, 6) is 2.12. The Morgan fingerprint density at radius 3 is 2.68 bits per heavy atom. The third-order valence-corrected chi connectivity index (χ3v) is 4.09. The molecule has 0 fully saturated rings. The Kier molecular flexibility index (Phi) is 5.70. The van der Waals surface area contributed by atoms with Crippen LogP contribution in [0.25, 0.3) is 6.08 Å². The van der Waals surface area contributed by atoms with Crippen molar-refractivity contribution >= 4 is 12.0 Å². The fourth-order valence-corrected chi connectivity index (χ4v) is 2.63. The van der Waals surface area contributed by atoms with E-state index in [9.17, 15) is 10.1 Å². The van der Waals surface area contributed by atoms with Gasteiger partial charge in [0.05, 0.1) is 7.11 Å². The van der Waals surface area contributed by atoms with Crippen molar-refractivity contribution in [2.24, 2.45) is 0 Å². The smallest absolute Gasteiger partial charge is 0.264 e. The second-order valence-corrected chi connectivity index (χ2v) is 6.26. The summed E-state index contributed by atoms with van der Waals surface area (Å²) >= 11 is 0. The van der Waals surface area contributed by atoms with Crippen LogP contribution in [0.15, 0.2) is 42.0 Å². The predicted octanol–water partition coefficient (Wildman–Crippen LogP) is 3.00. The van der Waals surface area contributed by atoms with Crippen molar-refractivity contribution in [1.29, 1.82) is 5.26 Å². The average molecular weight is 380 g/mol. The summed E-state index contributed by atoms with van der Waals surface area (Å²) in [6.45, 7) is 0.550. The lowest BCUT2D eigenvalue weighted by Crippen LogP contribution is -2.22. The second-order valence-electron chi connectivity index (χ2n) is 6.26. The maximum Gasteiger partial charge on any atom is 0.264 e. The van der Waals surface area contributed by atoms with Gasteiger partial charge < -0.3 is 23.8 Å². The van der Waals surface area contributed by atoms with Crippen LogP contribution in [0.4, 0.5) is 0 Å². The van der Waals surface area contributed by atoms with E-state index in [4.69, 9.17) is 18.9 Å². The topological polar surface area (TPSA) is 81.0 Å². The summed E-state index contributed by atoms with van der Waals surface area (Å²) < 4.78 is 21.9. The van der Waals surface area contributed by atoms with E-state index in [0.717, 1.165) is 11.3 Å². The monoisotopic (exact) mass is 380 g/mol. The highest BCUT2D eigenvalue weighted by Gasteiger charge is 2.15. The molecule has 7 heteroatoms. The van der Waals surface area contributed by atoms with Crippen LogP contribution in [-0.4, -0.2) is 38.8 Å². The number of carbonyl (C=O) groups excluding carboxylic acids is 1. The number of rotatable bonds is 6. The van der Waals surface area contributed by atoms with Crippen LogP contribution >= 0.6 is 0 Å². The van der Waals surface area contributed by atoms with E-state index in [1.54, 1.807) is 32.3 Å². The largest absolute Gasteiger partial charge is 0.493 e. The van der Waals surface area contributed by atoms with Gasteiger partial charge in [0, 0.05) is 14.1 Å². The van der Waals surface area contributed by atoms with Gasteiger partial charge in [-0.05, 0) is 41.5 Å². The molecular weight excluding hydrogens is 360 g/mol. The van der Waals surface area contributed by atoms with E-state index in [0.29, 0.717) is 29.4 Å². The number of nitrogens with zero attached hydrogens (tertiary/aromatic N) is 2. The summed E-state index contributed by atoms with van der Waals surface area (Å²) in [6.07, 6.45) is 1.52. The molecule has 0 saturated heterocycles. The standard InChI is InChI=1S/C21H20N2O5/c1-23(2)21(24)16(11-22)8-14-4-6-17(19(9-14)25-3)26-12-15-5-7-18-20(10-15)28-13-27-18/h4-10H,12-13H2,1-3H3/b16-8-. The number of ether oxygens (including phenoxy) is 4. The van der Waals surface area contributed by atoms with E-state index in [1.165, 1.54) is 18.1 Å². The Morgan fingerprint density at radius 1 is 1.18 bits per heavy atom. The number of hydrogen-bond acceptors (Lipinski definition) is 6. The number of amides is 1. The van der Waals surface area contributed by atoms with Crippen LogP contribution in [0, 0.1) is 11.3 Å². The van der Waals surface area contributed by atoms with Crippen LogP contribution in [0.1, 0.15) is 11.1 Å². The molecule has 0 bridgehead atoms. The van der Waals surface area contributed by atoms with Crippen LogP contribution in [0.3, 0.4) is 0 Å². The maximum absolute atomic E-state index is 12.0. The maximum atomic E-state index is 12.0. The highest BCUT2D eigenvalue weighted by molar-refractivity contribution is 6.01. The van der Waals surface area contributed by atoms with Gasteiger partial charge in [-0.2, -0.15) is 5.26 Å². The lowest BCUT2D eigenvalue weighted by molar-refractivity contribution is -0.124. The summed E-state index contributed by atoms with van der Waals surface area (Å²) in [4.78, 5) is 13.4. The molecule has 2 aromatic carbocycles. The molecule has 28 heavy (non-hydrogen) atoms. The van der Waals surface area contributed by atoms with Crippen molar-refractivity contribution in [3.63, 3.8) is 0 Å². The van der Waals surface area contributed by atoms with E-state index in [-0.39, 0.29) is 18.3 Å². The summed E-state index contributed by atoms with van der Waals surface area (Å²) in [7, 11) is 4.73. The third-order valence-electron chi connectivity index (χ3n) is 4.09. The van der Waals surface area contributed by atoms with Crippen LogP contribution in [0.5, 0.6) is 23.0 Å². The first kappa shape index (κ1) is 19.1. The van der Waals surface area contributed by atoms with E-state index < -0.39 is 0 Å². The number of hydrogen-bond donors (Lipinski definition) is 0. The van der Waals surface area contributed by atoms with E-state index >= 15 is 0 Å². The van der Waals surface area contributed by atoms with Gasteiger partial charge in [-0.15, -0.1) is 0 Å². The van der Waals surface area contributed by atoms with Crippen molar-refractivity contribution < 1.29 is 23.7 Å². The molecule has 0 aliphatic carbocycles. The number of carbonyl (C=O) groups is 1. The number of methoxy groups -OCH3 is 1. The van der Waals surface area contributed by atoms with Gasteiger partial charge in [-0.1, -0.05) is 12.1 Å². The molecule has 0 radical (unpaired) electrons. The molecule has 0 N–H and O–H groups in total. The number of benzene rings is 2. The molecular formula is C21H20N2O5. The zero-order valence-corrected chi connectivity index (χ0v) is 15.9. The van der Waals surface area contributed by atoms with Crippen LogP contribution < -0.4 is 18.9 Å². The van der Waals surface area contributed by atoms with E-state index in [1.807, 2.05) is 24.3 Å². The molecule has 144 valence electrons.